The van der Waals surface area contributed by atoms with E-state index in [9.17, 15) is 4.79 Å². The molecule has 2 aliphatic carbocycles. The zero-order valence-electron chi connectivity index (χ0n) is 17.7. The van der Waals surface area contributed by atoms with Crippen LogP contribution in [0.3, 0.4) is 0 Å². The van der Waals surface area contributed by atoms with Gasteiger partial charge in [0.05, 0.1) is 23.1 Å². The highest BCUT2D eigenvalue weighted by molar-refractivity contribution is 6.30. The van der Waals surface area contributed by atoms with Crippen molar-refractivity contribution in [2.24, 2.45) is 11.3 Å². The summed E-state index contributed by atoms with van der Waals surface area (Å²) in [6.45, 7) is 5.30. The number of carbonyl (C=O) groups excluding carboxylic acids is 1. The number of hydrogen-bond donors (Lipinski definition) is 1. The molecule has 3 heterocycles. The molecule has 162 valence electrons. The van der Waals surface area contributed by atoms with E-state index in [-0.39, 0.29) is 5.54 Å². The molecule has 0 radical (unpaired) electrons. The van der Waals surface area contributed by atoms with E-state index < -0.39 is 0 Å². The van der Waals surface area contributed by atoms with E-state index in [2.05, 4.69) is 44.5 Å². The molecule has 3 aliphatic rings. The highest BCUT2D eigenvalue weighted by Gasteiger charge is 2.55. The highest BCUT2D eigenvalue weighted by atomic mass is 35.5. The summed E-state index contributed by atoms with van der Waals surface area (Å²) in [5.41, 5.74) is 1.74. The Balaban J connectivity index is 1.19. The number of allylic oxidation sites excluding steroid dienone is 2. The van der Waals surface area contributed by atoms with Gasteiger partial charge in [0.15, 0.2) is 6.29 Å². The summed E-state index contributed by atoms with van der Waals surface area (Å²) in [6.07, 6.45) is 14.6. The molecule has 1 saturated carbocycles. The Kier molecular flexibility index (Phi) is 5.18. The lowest BCUT2D eigenvalue weighted by Gasteiger charge is -2.45. The second-order valence-electron chi connectivity index (χ2n) is 9.18. The van der Waals surface area contributed by atoms with Gasteiger partial charge in [-0.25, -0.2) is 4.98 Å². The first kappa shape index (κ1) is 20.4. The zero-order chi connectivity index (χ0) is 21.5. The lowest BCUT2D eigenvalue weighted by Crippen LogP contribution is -2.50. The van der Waals surface area contributed by atoms with Crippen molar-refractivity contribution >= 4 is 29.4 Å². The Morgan fingerprint density at radius 2 is 2.03 bits per heavy atom. The molecule has 1 aliphatic heterocycles. The summed E-state index contributed by atoms with van der Waals surface area (Å²) in [5, 5.41) is 12.5. The molecule has 0 amide bonds. The lowest BCUT2D eigenvalue weighted by atomic mass is 9.82. The Hall–Kier alpha value is -2.51. The van der Waals surface area contributed by atoms with Gasteiger partial charge in [0.2, 0.25) is 0 Å². The normalized spacial score (nSPS) is 27.5. The topological polar surface area (TPSA) is 75.9 Å². The molecule has 1 N–H and O–H groups in total. The maximum Gasteiger partial charge on any atom is 0.152 e. The second kappa shape index (κ2) is 7.88. The molecule has 5 rings (SSSR count). The predicted octanol–water partition coefficient (Wildman–Crippen LogP) is 3.67. The van der Waals surface area contributed by atoms with Gasteiger partial charge in [-0.1, -0.05) is 23.8 Å². The van der Waals surface area contributed by atoms with Gasteiger partial charge >= 0.3 is 0 Å². The van der Waals surface area contributed by atoms with E-state index in [0.717, 1.165) is 43.9 Å². The number of nitrogens with zero attached hydrogens (tertiary/aromatic N) is 5. The number of likely N-dealkylation sites (tertiary alicyclic amines) is 1. The third-order valence-corrected chi connectivity index (χ3v) is 7.55. The van der Waals surface area contributed by atoms with E-state index in [1.807, 2.05) is 12.1 Å². The van der Waals surface area contributed by atoms with Gasteiger partial charge in [-0.2, -0.15) is 15.0 Å². The van der Waals surface area contributed by atoms with Gasteiger partial charge in [0.1, 0.15) is 5.82 Å². The van der Waals surface area contributed by atoms with Crippen LogP contribution in [0.15, 0.2) is 48.4 Å². The van der Waals surface area contributed by atoms with Crippen molar-refractivity contribution in [3.8, 4) is 0 Å². The van der Waals surface area contributed by atoms with E-state index in [1.54, 1.807) is 18.6 Å². The number of piperidine rings is 1. The quantitative estimate of drug-likeness (QED) is 0.693. The smallest absolute Gasteiger partial charge is 0.152 e. The molecule has 1 saturated heterocycles. The first-order valence-electron chi connectivity index (χ1n) is 10.9. The van der Waals surface area contributed by atoms with Crippen LogP contribution in [0.25, 0.3) is 5.70 Å². The van der Waals surface area contributed by atoms with Crippen LogP contribution in [0.2, 0.25) is 5.02 Å². The largest absolute Gasteiger partial charge is 0.370 e. The van der Waals surface area contributed by atoms with Crippen LogP contribution in [0, 0.1) is 11.3 Å². The molecule has 2 aromatic heterocycles. The van der Waals surface area contributed by atoms with Crippen LogP contribution in [-0.4, -0.2) is 56.3 Å². The lowest BCUT2D eigenvalue weighted by molar-refractivity contribution is -0.104. The molecule has 1 unspecified atom stereocenters. The Morgan fingerprint density at radius 1 is 1.26 bits per heavy atom. The number of pyridine rings is 1. The number of carbonyl (C=O) groups is 1. The Morgan fingerprint density at radius 3 is 2.71 bits per heavy atom. The van der Waals surface area contributed by atoms with Crippen LogP contribution >= 0.6 is 11.6 Å². The van der Waals surface area contributed by atoms with E-state index in [1.165, 1.54) is 24.1 Å². The summed E-state index contributed by atoms with van der Waals surface area (Å²) in [5.74, 6) is 1.59. The average molecular weight is 439 g/mol. The minimum Gasteiger partial charge on any atom is -0.370 e. The summed E-state index contributed by atoms with van der Waals surface area (Å²) in [4.78, 5) is 20.2. The van der Waals surface area contributed by atoms with Crippen molar-refractivity contribution in [3.05, 3.63) is 53.5 Å². The molecule has 0 bridgehead atoms. The number of nitrogens with one attached hydrogen (secondary N) is 1. The van der Waals surface area contributed by atoms with E-state index >= 15 is 0 Å². The fraction of sp³-hybridized carbons (Fsp3) is 0.478. The molecule has 31 heavy (non-hydrogen) atoms. The van der Waals surface area contributed by atoms with E-state index in [0.29, 0.717) is 21.9 Å². The number of halogens is 1. The maximum absolute atomic E-state index is 11.8. The van der Waals surface area contributed by atoms with E-state index in [4.69, 9.17) is 11.6 Å². The third kappa shape index (κ3) is 3.92. The molecule has 2 fully saturated rings. The summed E-state index contributed by atoms with van der Waals surface area (Å²) >= 11 is 5.92. The van der Waals surface area contributed by atoms with Crippen LogP contribution in [0.5, 0.6) is 0 Å². The zero-order valence-corrected chi connectivity index (χ0v) is 18.4. The van der Waals surface area contributed by atoms with Crippen LogP contribution in [0.1, 0.15) is 32.6 Å². The van der Waals surface area contributed by atoms with Crippen LogP contribution in [0.4, 0.5) is 5.82 Å². The van der Waals surface area contributed by atoms with Crippen molar-refractivity contribution in [2.45, 2.75) is 38.1 Å². The number of aldehydes is 1. The van der Waals surface area contributed by atoms with Crippen LogP contribution < -0.4 is 5.32 Å². The van der Waals surface area contributed by atoms with Gasteiger partial charge in [0.25, 0.3) is 0 Å². The second-order valence-corrected chi connectivity index (χ2v) is 9.62. The van der Waals surface area contributed by atoms with Crippen molar-refractivity contribution in [1.29, 1.82) is 0 Å². The maximum atomic E-state index is 11.8. The Labute approximate surface area is 187 Å². The number of rotatable bonds is 6. The Bertz CT molecular complexity index is 1010. The standard InChI is InChI=1S/C23H27ClN6O/c1-22(5-4-20(17(12-22)16-31)30-27-8-9-28-30)29-10-6-23(7-11-29)13-18(23)14-25-21-3-2-19(24)15-26-21/h2-4,8-9,12,15-16,18H,5-7,10-11,13-14H2,1H3,(H,25,26)/t18?,22-/m0/s1. The molecule has 7 nitrogen and oxygen atoms in total. The monoisotopic (exact) mass is 438 g/mol. The first-order valence-corrected chi connectivity index (χ1v) is 11.2. The summed E-state index contributed by atoms with van der Waals surface area (Å²) < 4.78 is 0. The first-order chi connectivity index (χ1) is 15.0. The molecular formula is C23H27ClN6O. The molecule has 2 atom stereocenters. The molecule has 2 aromatic rings. The molecule has 1 spiro atoms. The number of aromatic nitrogens is 4. The number of hydrogen-bond acceptors (Lipinski definition) is 6. The fourth-order valence-corrected chi connectivity index (χ4v) is 5.36. The van der Waals surface area contributed by atoms with Crippen molar-refractivity contribution in [1.82, 2.24) is 24.9 Å². The minimum absolute atomic E-state index is 0.148. The van der Waals surface area contributed by atoms with Gasteiger partial charge in [-0.05, 0) is 69.2 Å². The van der Waals surface area contributed by atoms with Gasteiger partial charge < -0.3 is 5.32 Å². The summed E-state index contributed by atoms with van der Waals surface area (Å²) in [7, 11) is 0. The van der Waals surface area contributed by atoms with Crippen molar-refractivity contribution in [2.75, 3.05) is 25.0 Å². The summed E-state index contributed by atoms with van der Waals surface area (Å²) in [6, 6.07) is 3.80. The fourth-order valence-electron chi connectivity index (χ4n) is 5.24. The van der Waals surface area contributed by atoms with Crippen molar-refractivity contribution < 1.29 is 4.79 Å². The van der Waals surface area contributed by atoms with Crippen LogP contribution in [-0.2, 0) is 4.79 Å². The predicted molar refractivity (Wildman–Crippen MR) is 121 cm³/mol. The van der Waals surface area contributed by atoms with Gasteiger partial charge in [-0.3, -0.25) is 9.69 Å². The average Bonchev–Trinajstić information content (AvgIpc) is 3.18. The molecule has 0 aromatic carbocycles. The van der Waals surface area contributed by atoms with Gasteiger partial charge in [0, 0.05) is 23.9 Å². The third-order valence-electron chi connectivity index (χ3n) is 7.33. The van der Waals surface area contributed by atoms with Crippen molar-refractivity contribution in [3.63, 3.8) is 0 Å². The number of anilines is 1. The molecular weight excluding hydrogens is 412 g/mol. The minimum atomic E-state index is -0.148. The SMILES string of the molecule is C[C@@]1(N2CCC3(CC2)CC3CNc2ccc(Cl)cn2)C=C(C=O)C(n2nccn2)=CC1. The highest BCUT2D eigenvalue weighted by Crippen LogP contribution is 2.59. The van der Waals surface area contributed by atoms with Gasteiger partial charge in [-0.15, -0.1) is 0 Å². The molecule has 8 heteroatoms.